The van der Waals surface area contributed by atoms with Gasteiger partial charge in [0, 0.05) is 56.1 Å². The number of nitrogens with zero attached hydrogens (tertiary/aromatic N) is 6. The van der Waals surface area contributed by atoms with Crippen LogP contribution in [0.1, 0.15) is 32.3 Å². The molecule has 2 fully saturated rings. The van der Waals surface area contributed by atoms with Crippen LogP contribution in [-0.4, -0.2) is 53.2 Å². The van der Waals surface area contributed by atoms with Gasteiger partial charge in [-0.2, -0.15) is 4.98 Å². The average molecular weight is 481 g/mol. The van der Waals surface area contributed by atoms with Crippen LogP contribution in [0.25, 0.3) is 11.3 Å². The summed E-state index contributed by atoms with van der Waals surface area (Å²) in [6.45, 7) is 9.55. The lowest BCUT2D eigenvalue weighted by molar-refractivity contribution is 0.542. The van der Waals surface area contributed by atoms with Crippen LogP contribution in [0.3, 0.4) is 0 Å². The molecule has 2 aliphatic rings. The third-order valence-corrected chi connectivity index (χ3v) is 7.22. The third-order valence-electron chi connectivity index (χ3n) is 6.92. The van der Waals surface area contributed by atoms with E-state index in [2.05, 4.69) is 33.5 Å². The molecule has 1 unspecified atom stereocenters. The van der Waals surface area contributed by atoms with Gasteiger partial charge in [-0.25, -0.2) is 14.4 Å². The van der Waals surface area contributed by atoms with E-state index in [1.54, 1.807) is 19.2 Å². The van der Waals surface area contributed by atoms with Gasteiger partial charge >= 0.3 is 0 Å². The van der Waals surface area contributed by atoms with Gasteiger partial charge in [-0.1, -0.05) is 11.6 Å². The lowest BCUT2D eigenvalue weighted by Crippen LogP contribution is -2.52. The maximum atomic E-state index is 13.9. The molecule has 34 heavy (non-hydrogen) atoms. The summed E-state index contributed by atoms with van der Waals surface area (Å²) in [5.74, 6) is 2.28. The van der Waals surface area contributed by atoms with E-state index in [-0.39, 0.29) is 11.9 Å². The second kappa shape index (κ2) is 9.37. The fourth-order valence-corrected chi connectivity index (χ4v) is 5.22. The Morgan fingerprint density at radius 3 is 2.56 bits per heavy atom. The first-order valence-electron chi connectivity index (χ1n) is 11.9. The molecule has 8 heteroatoms. The van der Waals surface area contributed by atoms with Crippen molar-refractivity contribution in [1.29, 1.82) is 0 Å². The van der Waals surface area contributed by atoms with E-state index in [0.717, 1.165) is 67.9 Å². The van der Waals surface area contributed by atoms with Crippen molar-refractivity contribution in [1.82, 2.24) is 15.0 Å². The Kier molecular flexibility index (Phi) is 6.30. The largest absolute Gasteiger partial charge is 0.352 e. The van der Waals surface area contributed by atoms with Crippen LogP contribution in [0.15, 0.2) is 42.6 Å². The molecule has 4 heterocycles. The highest BCUT2D eigenvalue weighted by atomic mass is 35.5. The number of pyridine rings is 1. The average Bonchev–Trinajstić information content (AvgIpc) is 3.26. The molecular weight excluding hydrogens is 451 g/mol. The van der Waals surface area contributed by atoms with E-state index >= 15 is 0 Å². The molecule has 0 N–H and O–H groups in total. The van der Waals surface area contributed by atoms with Gasteiger partial charge in [-0.3, -0.25) is 0 Å². The predicted molar refractivity (Wildman–Crippen MR) is 136 cm³/mol. The van der Waals surface area contributed by atoms with Crippen molar-refractivity contribution in [3.05, 3.63) is 59.0 Å². The minimum Gasteiger partial charge on any atom is -0.352 e. The Balaban J connectivity index is 1.49. The van der Waals surface area contributed by atoms with Gasteiger partial charge in [0.25, 0.3) is 0 Å². The summed E-state index contributed by atoms with van der Waals surface area (Å²) in [6.07, 6.45) is 4.06. The number of rotatable bonds is 4. The maximum absolute atomic E-state index is 13.9. The first-order chi connectivity index (χ1) is 16.4. The fourth-order valence-electron chi connectivity index (χ4n) is 4.98. The Morgan fingerprint density at radius 1 is 1.00 bits per heavy atom. The van der Waals surface area contributed by atoms with E-state index in [9.17, 15) is 4.39 Å². The molecule has 0 spiro atoms. The number of aromatic nitrogens is 3. The lowest BCUT2D eigenvalue weighted by atomic mass is 10.1. The topological polar surface area (TPSA) is 48.4 Å². The van der Waals surface area contributed by atoms with Crippen molar-refractivity contribution in [2.75, 3.05) is 40.9 Å². The number of anilines is 3. The molecule has 2 saturated heterocycles. The van der Waals surface area contributed by atoms with E-state index < -0.39 is 0 Å². The minimum atomic E-state index is -0.204. The van der Waals surface area contributed by atoms with E-state index in [0.29, 0.717) is 16.6 Å². The van der Waals surface area contributed by atoms with Crippen LogP contribution < -0.4 is 14.7 Å². The Morgan fingerprint density at radius 2 is 1.85 bits per heavy atom. The predicted octanol–water partition coefficient (Wildman–Crippen LogP) is 5.34. The van der Waals surface area contributed by atoms with Crippen molar-refractivity contribution >= 4 is 29.2 Å². The van der Waals surface area contributed by atoms with Gasteiger partial charge in [0.1, 0.15) is 17.5 Å². The van der Waals surface area contributed by atoms with E-state index in [1.165, 1.54) is 6.07 Å². The SMILES string of the molecule is Cc1cc(-c2cc(N3CCN(c4ncccc4Cl)C[C@H]3C)nc(N3CCCC3C)n2)ccc1F. The molecule has 0 bridgehead atoms. The highest BCUT2D eigenvalue weighted by Gasteiger charge is 2.29. The molecule has 0 amide bonds. The molecule has 6 nitrogen and oxygen atoms in total. The molecule has 3 aromatic rings. The molecular formula is C26H30ClFN6. The monoisotopic (exact) mass is 480 g/mol. The quantitative estimate of drug-likeness (QED) is 0.502. The van der Waals surface area contributed by atoms with Crippen molar-refractivity contribution in [2.45, 2.75) is 45.7 Å². The van der Waals surface area contributed by atoms with Gasteiger partial charge in [-0.05, 0) is 69.5 Å². The third kappa shape index (κ3) is 4.41. The minimum absolute atomic E-state index is 0.202. The molecule has 0 radical (unpaired) electrons. The summed E-state index contributed by atoms with van der Waals surface area (Å²) in [6, 6.07) is 11.6. The Bertz CT molecular complexity index is 1190. The molecule has 2 aliphatic heterocycles. The Labute approximate surface area is 205 Å². The molecule has 178 valence electrons. The summed E-state index contributed by atoms with van der Waals surface area (Å²) < 4.78 is 13.9. The highest BCUT2D eigenvalue weighted by Crippen LogP contribution is 2.32. The molecule has 1 aromatic carbocycles. The zero-order valence-corrected chi connectivity index (χ0v) is 20.6. The highest BCUT2D eigenvalue weighted by molar-refractivity contribution is 6.32. The number of benzene rings is 1. The fraction of sp³-hybridized carbons (Fsp3) is 0.423. The van der Waals surface area contributed by atoms with Crippen molar-refractivity contribution in [2.24, 2.45) is 0 Å². The zero-order chi connectivity index (χ0) is 23.8. The van der Waals surface area contributed by atoms with E-state index in [1.807, 2.05) is 24.3 Å². The van der Waals surface area contributed by atoms with Gasteiger partial charge < -0.3 is 14.7 Å². The van der Waals surface area contributed by atoms with Gasteiger partial charge in [-0.15, -0.1) is 0 Å². The number of hydrogen-bond acceptors (Lipinski definition) is 6. The molecule has 2 aromatic heterocycles. The molecule has 2 atom stereocenters. The van der Waals surface area contributed by atoms with Gasteiger partial charge in [0.05, 0.1) is 10.7 Å². The number of piperazine rings is 1. The summed E-state index contributed by atoms with van der Waals surface area (Å²) in [7, 11) is 0. The van der Waals surface area contributed by atoms with E-state index in [4.69, 9.17) is 21.6 Å². The maximum Gasteiger partial charge on any atom is 0.228 e. The number of hydrogen-bond donors (Lipinski definition) is 0. The van der Waals surface area contributed by atoms with Crippen LogP contribution in [0, 0.1) is 12.7 Å². The van der Waals surface area contributed by atoms with Gasteiger partial charge in [0.2, 0.25) is 5.95 Å². The van der Waals surface area contributed by atoms with Crippen molar-refractivity contribution < 1.29 is 4.39 Å². The van der Waals surface area contributed by atoms with Crippen LogP contribution in [0.2, 0.25) is 5.02 Å². The lowest BCUT2D eigenvalue weighted by Gasteiger charge is -2.41. The Hall–Kier alpha value is -2.93. The second-order valence-corrected chi connectivity index (χ2v) is 9.76. The van der Waals surface area contributed by atoms with Crippen molar-refractivity contribution in [3.63, 3.8) is 0 Å². The first kappa shape index (κ1) is 22.8. The summed E-state index contributed by atoms with van der Waals surface area (Å²) >= 11 is 6.41. The number of aryl methyl sites for hydroxylation is 1. The second-order valence-electron chi connectivity index (χ2n) is 9.36. The first-order valence-corrected chi connectivity index (χ1v) is 12.3. The molecule has 0 aliphatic carbocycles. The molecule has 0 saturated carbocycles. The van der Waals surface area contributed by atoms with Crippen LogP contribution in [0.4, 0.5) is 22.0 Å². The smallest absolute Gasteiger partial charge is 0.228 e. The van der Waals surface area contributed by atoms with Crippen LogP contribution in [-0.2, 0) is 0 Å². The van der Waals surface area contributed by atoms with Crippen molar-refractivity contribution in [3.8, 4) is 11.3 Å². The summed E-state index contributed by atoms with van der Waals surface area (Å²) in [4.78, 5) is 21.3. The summed E-state index contributed by atoms with van der Waals surface area (Å²) in [5.41, 5.74) is 2.34. The zero-order valence-electron chi connectivity index (χ0n) is 19.9. The molecule has 5 rings (SSSR count). The van der Waals surface area contributed by atoms with Gasteiger partial charge in [0.15, 0.2) is 0 Å². The summed E-state index contributed by atoms with van der Waals surface area (Å²) in [5, 5.41) is 0.671. The number of halogens is 2. The standard InChI is InChI=1S/C26H30ClFN6/c1-17-14-20(8-9-22(17)28)23-15-24(31-26(30-23)34-11-5-6-18(34)2)33-13-12-32(16-19(33)3)25-21(27)7-4-10-29-25/h4,7-10,14-15,18-19H,5-6,11-13,16H2,1-3H3/t18?,19-/m1/s1. The van der Waals surface area contributed by atoms with Crippen LogP contribution in [0.5, 0.6) is 0 Å². The normalized spacial score (nSPS) is 20.8. The van der Waals surface area contributed by atoms with Crippen LogP contribution >= 0.6 is 11.6 Å².